The van der Waals surface area contributed by atoms with Crippen molar-refractivity contribution < 1.29 is 8.83 Å². The largest absolute Gasteiger partial charge is 0.469 e. The highest BCUT2D eigenvalue weighted by Crippen LogP contribution is 2.23. The van der Waals surface area contributed by atoms with Gasteiger partial charge in [0.05, 0.1) is 18.6 Å². The maximum Gasteiger partial charge on any atom is 0.125 e. The molecule has 3 nitrogen and oxygen atoms in total. The van der Waals surface area contributed by atoms with Crippen molar-refractivity contribution in [1.29, 1.82) is 0 Å². The first-order valence-corrected chi connectivity index (χ1v) is 4.12. The lowest BCUT2D eigenvalue weighted by atomic mass is 10.1. The number of aryl methyl sites for hydroxylation is 1. The Morgan fingerprint density at radius 3 is 2.62 bits per heavy atom. The molecule has 0 aliphatic carbocycles. The molecule has 2 aromatic rings. The van der Waals surface area contributed by atoms with Crippen molar-refractivity contribution in [3.63, 3.8) is 0 Å². The zero-order valence-electron chi connectivity index (χ0n) is 7.36. The summed E-state index contributed by atoms with van der Waals surface area (Å²) in [6.07, 6.45) is 3.25. The Hall–Kier alpha value is -1.48. The Balaban J connectivity index is 2.33. The van der Waals surface area contributed by atoms with Gasteiger partial charge in [-0.15, -0.1) is 0 Å². The monoisotopic (exact) mass is 177 g/mol. The molecule has 68 valence electrons. The van der Waals surface area contributed by atoms with Crippen LogP contribution in [0.5, 0.6) is 0 Å². The highest BCUT2D eigenvalue weighted by atomic mass is 16.3. The minimum atomic E-state index is -0.228. The Kier molecular flexibility index (Phi) is 1.94. The fourth-order valence-corrected chi connectivity index (χ4v) is 1.34. The van der Waals surface area contributed by atoms with Crippen molar-refractivity contribution in [3.05, 3.63) is 47.8 Å². The van der Waals surface area contributed by atoms with Gasteiger partial charge in [0, 0.05) is 5.56 Å². The van der Waals surface area contributed by atoms with E-state index in [0.29, 0.717) is 0 Å². The minimum Gasteiger partial charge on any atom is -0.469 e. The molecule has 2 heterocycles. The molecule has 2 N–H and O–H groups in total. The Morgan fingerprint density at radius 1 is 1.23 bits per heavy atom. The maximum atomic E-state index is 5.95. The van der Waals surface area contributed by atoms with Gasteiger partial charge in [-0.2, -0.15) is 0 Å². The molecule has 2 rings (SSSR count). The first-order chi connectivity index (χ1) is 6.29. The third kappa shape index (κ3) is 1.38. The summed E-state index contributed by atoms with van der Waals surface area (Å²) >= 11 is 0. The quantitative estimate of drug-likeness (QED) is 0.765. The highest BCUT2D eigenvalue weighted by Gasteiger charge is 2.15. The van der Waals surface area contributed by atoms with Crippen LogP contribution in [0.25, 0.3) is 0 Å². The van der Waals surface area contributed by atoms with Crippen molar-refractivity contribution in [2.24, 2.45) is 5.73 Å². The summed E-state index contributed by atoms with van der Waals surface area (Å²) in [6.45, 7) is 1.89. The lowest BCUT2D eigenvalue weighted by molar-refractivity contribution is 0.481. The molecule has 1 atom stereocenters. The fraction of sp³-hybridized carbons (Fsp3) is 0.200. The molecule has 0 radical (unpaired) electrons. The van der Waals surface area contributed by atoms with Crippen LogP contribution in [0.3, 0.4) is 0 Å². The minimum absolute atomic E-state index is 0.228. The van der Waals surface area contributed by atoms with Gasteiger partial charge in [-0.05, 0) is 25.1 Å². The van der Waals surface area contributed by atoms with Crippen LogP contribution in [0, 0.1) is 6.92 Å². The summed E-state index contributed by atoms with van der Waals surface area (Å²) in [5.74, 6) is 1.59. The molecule has 0 saturated carbocycles. The van der Waals surface area contributed by atoms with Crippen molar-refractivity contribution in [2.75, 3.05) is 0 Å². The van der Waals surface area contributed by atoms with Crippen LogP contribution in [0.2, 0.25) is 0 Å². The molecule has 0 spiro atoms. The van der Waals surface area contributed by atoms with Gasteiger partial charge in [0.25, 0.3) is 0 Å². The van der Waals surface area contributed by atoms with Gasteiger partial charge in [-0.3, -0.25) is 0 Å². The van der Waals surface area contributed by atoms with E-state index in [1.807, 2.05) is 25.1 Å². The number of hydrogen-bond donors (Lipinski definition) is 1. The van der Waals surface area contributed by atoms with Crippen LogP contribution in [-0.2, 0) is 0 Å². The Labute approximate surface area is 76.1 Å². The van der Waals surface area contributed by atoms with Crippen LogP contribution < -0.4 is 5.73 Å². The smallest absolute Gasteiger partial charge is 0.125 e. The molecule has 0 aromatic carbocycles. The molecular weight excluding hydrogens is 166 g/mol. The molecular formula is C10H11NO2. The molecule has 0 bridgehead atoms. The average Bonchev–Trinajstić information content (AvgIpc) is 2.72. The SMILES string of the molecule is Cc1occc1C(N)c1ccco1. The van der Waals surface area contributed by atoms with E-state index >= 15 is 0 Å². The van der Waals surface area contributed by atoms with E-state index < -0.39 is 0 Å². The lowest BCUT2D eigenvalue weighted by Crippen LogP contribution is -2.10. The van der Waals surface area contributed by atoms with Crippen molar-refractivity contribution in [3.8, 4) is 0 Å². The van der Waals surface area contributed by atoms with Crippen LogP contribution in [0.15, 0.2) is 39.6 Å². The van der Waals surface area contributed by atoms with E-state index in [9.17, 15) is 0 Å². The topological polar surface area (TPSA) is 52.3 Å². The van der Waals surface area contributed by atoms with Gasteiger partial charge >= 0.3 is 0 Å². The number of furan rings is 2. The van der Waals surface area contributed by atoms with Crippen LogP contribution in [0.1, 0.15) is 23.1 Å². The van der Waals surface area contributed by atoms with E-state index in [1.54, 1.807) is 12.5 Å². The van der Waals surface area contributed by atoms with Gasteiger partial charge in [0.1, 0.15) is 11.5 Å². The molecule has 0 aliphatic heterocycles. The lowest BCUT2D eigenvalue weighted by Gasteiger charge is -2.06. The Morgan fingerprint density at radius 2 is 2.08 bits per heavy atom. The van der Waals surface area contributed by atoms with Gasteiger partial charge < -0.3 is 14.6 Å². The summed E-state index contributed by atoms with van der Waals surface area (Å²) in [4.78, 5) is 0. The van der Waals surface area contributed by atoms with E-state index in [2.05, 4.69) is 0 Å². The molecule has 3 heteroatoms. The zero-order chi connectivity index (χ0) is 9.26. The second kappa shape index (κ2) is 3.11. The first-order valence-electron chi connectivity index (χ1n) is 4.12. The van der Waals surface area contributed by atoms with Crippen molar-refractivity contribution >= 4 is 0 Å². The van der Waals surface area contributed by atoms with Gasteiger partial charge in [0.2, 0.25) is 0 Å². The van der Waals surface area contributed by atoms with Crippen LogP contribution in [-0.4, -0.2) is 0 Å². The first kappa shape index (κ1) is 8.13. The normalized spacial score (nSPS) is 13.1. The summed E-state index contributed by atoms with van der Waals surface area (Å²) in [6, 6.07) is 5.32. The molecule has 2 aromatic heterocycles. The van der Waals surface area contributed by atoms with E-state index in [1.165, 1.54) is 0 Å². The number of hydrogen-bond acceptors (Lipinski definition) is 3. The van der Waals surface area contributed by atoms with Gasteiger partial charge in [-0.25, -0.2) is 0 Å². The predicted octanol–water partition coefficient (Wildman–Crippen LogP) is 2.23. The summed E-state index contributed by atoms with van der Waals surface area (Å²) in [5, 5.41) is 0. The van der Waals surface area contributed by atoms with E-state index in [-0.39, 0.29) is 6.04 Å². The van der Waals surface area contributed by atoms with Gasteiger partial charge in [0.15, 0.2) is 0 Å². The number of nitrogens with two attached hydrogens (primary N) is 1. The fourth-order valence-electron chi connectivity index (χ4n) is 1.34. The average molecular weight is 177 g/mol. The van der Waals surface area contributed by atoms with E-state index in [0.717, 1.165) is 17.1 Å². The molecule has 0 aliphatic rings. The molecule has 0 saturated heterocycles. The van der Waals surface area contributed by atoms with Crippen molar-refractivity contribution in [2.45, 2.75) is 13.0 Å². The highest BCUT2D eigenvalue weighted by molar-refractivity contribution is 5.26. The maximum absolute atomic E-state index is 5.95. The summed E-state index contributed by atoms with van der Waals surface area (Å²) < 4.78 is 10.4. The third-order valence-corrected chi connectivity index (χ3v) is 2.08. The second-order valence-corrected chi connectivity index (χ2v) is 2.93. The van der Waals surface area contributed by atoms with E-state index in [4.69, 9.17) is 14.6 Å². The summed E-state index contributed by atoms with van der Waals surface area (Å²) in [5.41, 5.74) is 6.92. The third-order valence-electron chi connectivity index (χ3n) is 2.08. The van der Waals surface area contributed by atoms with Crippen molar-refractivity contribution in [1.82, 2.24) is 0 Å². The zero-order valence-corrected chi connectivity index (χ0v) is 7.36. The van der Waals surface area contributed by atoms with Crippen LogP contribution in [0.4, 0.5) is 0 Å². The molecule has 13 heavy (non-hydrogen) atoms. The van der Waals surface area contributed by atoms with Gasteiger partial charge in [-0.1, -0.05) is 0 Å². The molecule has 0 amide bonds. The van der Waals surface area contributed by atoms with Crippen LogP contribution >= 0.6 is 0 Å². The second-order valence-electron chi connectivity index (χ2n) is 2.93. The standard InChI is InChI=1S/C10H11NO2/c1-7-8(4-6-12-7)10(11)9-3-2-5-13-9/h2-6,10H,11H2,1H3. The molecule has 1 unspecified atom stereocenters. The predicted molar refractivity (Wildman–Crippen MR) is 48.2 cm³/mol. The summed E-state index contributed by atoms with van der Waals surface area (Å²) in [7, 11) is 0. The Bertz CT molecular complexity index is 375. The molecule has 0 fully saturated rings. The number of rotatable bonds is 2.